The minimum absolute atomic E-state index is 0.621. The van der Waals surface area contributed by atoms with Crippen LogP contribution in [0.25, 0.3) is 0 Å². The number of nitrogens with zero attached hydrogens (tertiary/aromatic N) is 1. The largest absolute Gasteiger partial charge is 0.438 e. The molecule has 1 unspecified atom stereocenters. The molecule has 0 radical (unpaired) electrons. The van der Waals surface area contributed by atoms with Crippen LogP contribution in [0.2, 0.25) is 0 Å². The SMILES string of the molecule is CO[C@H]1C(O)[C@@H](/C=C/P(=O)(OCOC(=O)C(C)(C)C)OCOC(=O)C(C)(C)C)O[C@H]1n1ccc(=O)[nH]c1=O. The van der Waals surface area contributed by atoms with Gasteiger partial charge in [-0.2, -0.15) is 0 Å². The van der Waals surface area contributed by atoms with Gasteiger partial charge in [-0.05, 0) is 47.6 Å². The Hall–Kier alpha value is -2.61. The van der Waals surface area contributed by atoms with Crippen LogP contribution in [0.15, 0.2) is 33.7 Å². The van der Waals surface area contributed by atoms with Crippen molar-refractivity contribution in [1.29, 1.82) is 0 Å². The molecule has 0 aliphatic carbocycles. The number of carbonyl (C=O) groups excluding carboxylic acids is 2. The van der Waals surface area contributed by atoms with Gasteiger partial charge in [0.05, 0.1) is 10.8 Å². The summed E-state index contributed by atoms with van der Waals surface area (Å²) in [6.45, 7) is 8.22. The Morgan fingerprint density at radius 1 is 1.08 bits per heavy atom. The number of aromatic nitrogens is 2. The number of methoxy groups -OCH3 is 1. The molecule has 1 saturated heterocycles. The van der Waals surface area contributed by atoms with E-state index in [1.807, 2.05) is 0 Å². The van der Waals surface area contributed by atoms with Crippen molar-refractivity contribution in [2.75, 3.05) is 20.7 Å². The summed E-state index contributed by atoms with van der Waals surface area (Å²) in [4.78, 5) is 49.7. The van der Waals surface area contributed by atoms with Gasteiger partial charge in [0.25, 0.3) is 5.56 Å². The van der Waals surface area contributed by atoms with Gasteiger partial charge in [0, 0.05) is 25.2 Å². The molecule has 1 aliphatic rings. The predicted octanol–water partition coefficient (Wildman–Crippen LogP) is 1.64. The second-order valence-electron chi connectivity index (χ2n) is 10.4. The zero-order chi connectivity index (χ0) is 28.9. The number of nitrogens with one attached hydrogen (secondary N) is 1. The second-order valence-corrected chi connectivity index (χ2v) is 12.3. The molecule has 0 saturated carbocycles. The zero-order valence-electron chi connectivity index (χ0n) is 22.4. The molecule has 1 aliphatic heterocycles. The van der Waals surface area contributed by atoms with E-state index in [9.17, 15) is 28.8 Å². The summed E-state index contributed by atoms with van der Waals surface area (Å²) in [7, 11) is -2.95. The van der Waals surface area contributed by atoms with Crippen molar-refractivity contribution in [2.45, 2.75) is 66.1 Å². The molecule has 2 rings (SSSR count). The predicted molar refractivity (Wildman–Crippen MR) is 132 cm³/mol. The molecular formula is C23H35N2O12P. The highest BCUT2D eigenvalue weighted by Crippen LogP contribution is 2.50. The summed E-state index contributed by atoms with van der Waals surface area (Å²) < 4.78 is 45.8. The van der Waals surface area contributed by atoms with E-state index in [0.29, 0.717) is 0 Å². The normalized spacial score (nSPS) is 22.5. The van der Waals surface area contributed by atoms with Crippen LogP contribution < -0.4 is 11.2 Å². The Morgan fingerprint density at radius 2 is 1.61 bits per heavy atom. The quantitative estimate of drug-likeness (QED) is 0.239. The molecule has 14 nitrogen and oxygen atoms in total. The molecule has 0 aromatic carbocycles. The second kappa shape index (κ2) is 12.5. The third kappa shape index (κ3) is 8.45. The molecule has 0 amide bonds. The Morgan fingerprint density at radius 3 is 2.05 bits per heavy atom. The van der Waals surface area contributed by atoms with E-state index in [0.717, 1.165) is 22.5 Å². The smallest absolute Gasteiger partial charge is 0.359 e. The molecule has 1 fully saturated rings. The number of rotatable bonds is 10. The molecule has 0 spiro atoms. The standard InChI is InChI=1S/C23H35N2O12P/c1-22(2,3)19(28)33-12-35-38(31,36-13-34-20(29)23(4,5)6)11-9-14-16(27)17(32-7)18(37-14)25-10-8-15(26)24-21(25)30/h8-11,14,16-18,27H,12-13H2,1-7H3,(H,24,26,30)/b11-9+/t14-,16?,17+,18-/m1/s1. The highest BCUT2D eigenvalue weighted by atomic mass is 31.2. The maximum absolute atomic E-state index is 13.4. The van der Waals surface area contributed by atoms with Crippen LogP contribution in [0.4, 0.5) is 0 Å². The van der Waals surface area contributed by atoms with Crippen LogP contribution in [0.1, 0.15) is 47.8 Å². The summed E-state index contributed by atoms with van der Waals surface area (Å²) in [5, 5.41) is 10.7. The lowest BCUT2D eigenvalue weighted by Crippen LogP contribution is -2.38. The van der Waals surface area contributed by atoms with Gasteiger partial charge < -0.3 is 24.1 Å². The number of ether oxygens (including phenoxy) is 4. The summed E-state index contributed by atoms with van der Waals surface area (Å²) in [5.41, 5.74) is -3.11. The lowest BCUT2D eigenvalue weighted by molar-refractivity contribution is -0.161. The highest BCUT2D eigenvalue weighted by molar-refractivity contribution is 7.57. The fraction of sp³-hybridized carbons (Fsp3) is 0.652. The van der Waals surface area contributed by atoms with E-state index in [1.54, 1.807) is 41.5 Å². The van der Waals surface area contributed by atoms with Crippen LogP contribution in [0.5, 0.6) is 0 Å². The van der Waals surface area contributed by atoms with Crippen LogP contribution >= 0.6 is 7.60 Å². The van der Waals surface area contributed by atoms with Crippen LogP contribution in [-0.4, -0.2) is 65.6 Å². The number of aliphatic hydroxyl groups excluding tert-OH is 1. The fourth-order valence-electron chi connectivity index (χ4n) is 2.99. The first kappa shape index (κ1) is 31.6. The lowest BCUT2D eigenvalue weighted by atomic mass is 9.98. The van der Waals surface area contributed by atoms with Crippen molar-refractivity contribution in [3.63, 3.8) is 0 Å². The first-order valence-electron chi connectivity index (χ1n) is 11.6. The molecule has 1 aromatic heterocycles. The van der Waals surface area contributed by atoms with Gasteiger partial charge in [-0.25, -0.2) is 4.79 Å². The van der Waals surface area contributed by atoms with Gasteiger partial charge in [-0.1, -0.05) is 0 Å². The van der Waals surface area contributed by atoms with Gasteiger partial charge in [-0.15, -0.1) is 0 Å². The topological polar surface area (TPSA) is 182 Å². The molecule has 0 bridgehead atoms. The molecular weight excluding hydrogens is 527 g/mol. The fourth-order valence-corrected chi connectivity index (χ4v) is 4.02. The van der Waals surface area contributed by atoms with E-state index in [2.05, 4.69) is 4.98 Å². The number of aliphatic hydroxyl groups is 1. The van der Waals surface area contributed by atoms with Crippen molar-refractivity contribution < 1.29 is 47.3 Å². The number of hydrogen-bond donors (Lipinski definition) is 2. The lowest BCUT2D eigenvalue weighted by Gasteiger charge is -2.20. The van der Waals surface area contributed by atoms with E-state index in [4.69, 9.17) is 28.0 Å². The molecule has 4 atom stereocenters. The van der Waals surface area contributed by atoms with Crippen LogP contribution in [-0.2, 0) is 42.1 Å². The van der Waals surface area contributed by atoms with Crippen molar-refractivity contribution in [1.82, 2.24) is 9.55 Å². The Kier molecular flexibility index (Phi) is 10.4. The van der Waals surface area contributed by atoms with Gasteiger partial charge in [0.2, 0.25) is 13.6 Å². The van der Waals surface area contributed by atoms with Crippen LogP contribution in [0, 0.1) is 10.8 Å². The van der Waals surface area contributed by atoms with Gasteiger partial charge in [0.15, 0.2) is 6.23 Å². The minimum Gasteiger partial charge on any atom is -0.438 e. The Balaban J connectivity index is 2.22. The zero-order valence-corrected chi connectivity index (χ0v) is 23.3. The average Bonchev–Trinajstić information content (AvgIpc) is 3.11. The Bertz CT molecular complexity index is 1140. The monoisotopic (exact) mass is 562 g/mol. The van der Waals surface area contributed by atoms with Crippen molar-refractivity contribution in [3.8, 4) is 0 Å². The summed E-state index contributed by atoms with van der Waals surface area (Å²) >= 11 is 0. The summed E-state index contributed by atoms with van der Waals surface area (Å²) in [6.07, 6.45) is -2.36. The van der Waals surface area contributed by atoms with Gasteiger partial charge in [-0.3, -0.25) is 37.5 Å². The molecule has 15 heteroatoms. The molecule has 2 heterocycles. The van der Waals surface area contributed by atoms with Gasteiger partial charge >= 0.3 is 25.2 Å². The molecule has 2 N–H and O–H groups in total. The van der Waals surface area contributed by atoms with Crippen molar-refractivity contribution >= 4 is 19.5 Å². The van der Waals surface area contributed by atoms with E-state index in [-0.39, 0.29) is 0 Å². The molecule has 1 aromatic rings. The number of hydrogen-bond acceptors (Lipinski definition) is 12. The number of aromatic amines is 1. The van der Waals surface area contributed by atoms with E-state index >= 15 is 0 Å². The molecule has 38 heavy (non-hydrogen) atoms. The Labute approximate surface area is 219 Å². The minimum atomic E-state index is -4.23. The first-order chi connectivity index (χ1) is 17.5. The van der Waals surface area contributed by atoms with Crippen molar-refractivity contribution in [3.05, 3.63) is 45.0 Å². The maximum Gasteiger partial charge on any atom is 0.359 e. The maximum atomic E-state index is 13.4. The summed E-state index contributed by atoms with van der Waals surface area (Å²) in [5.74, 6) is -0.306. The highest BCUT2D eigenvalue weighted by Gasteiger charge is 2.45. The molecule has 214 valence electrons. The number of H-pyrrole nitrogens is 1. The summed E-state index contributed by atoms with van der Waals surface area (Å²) in [6, 6.07) is 1.10. The average molecular weight is 563 g/mol. The van der Waals surface area contributed by atoms with E-state index < -0.39 is 79.7 Å². The number of carbonyl (C=O) groups is 2. The van der Waals surface area contributed by atoms with Crippen molar-refractivity contribution in [2.24, 2.45) is 10.8 Å². The van der Waals surface area contributed by atoms with E-state index in [1.165, 1.54) is 13.3 Å². The van der Waals surface area contributed by atoms with Gasteiger partial charge in [0.1, 0.15) is 18.3 Å². The third-order valence-electron chi connectivity index (χ3n) is 5.18. The third-order valence-corrected chi connectivity index (χ3v) is 6.64. The first-order valence-corrected chi connectivity index (χ1v) is 13.2. The van der Waals surface area contributed by atoms with Crippen LogP contribution in [0.3, 0.4) is 0 Å². The number of esters is 2.